The molecule has 138 valence electrons. The van der Waals surface area contributed by atoms with Gasteiger partial charge in [-0.3, -0.25) is 9.59 Å². The van der Waals surface area contributed by atoms with Crippen molar-refractivity contribution in [3.8, 4) is 0 Å². The lowest BCUT2D eigenvalue weighted by Gasteiger charge is -2.10. The lowest BCUT2D eigenvalue weighted by atomic mass is 10.1. The number of carbonyl (C=O) groups is 2. The molecule has 0 unspecified atom stereocenters. The zero-order valence-corrected chi connectivity index (χ0v) is 14.4. The molecular weight excluding hydrogens is 345 g/mol. The van der Waals surface area contributed by atoms with Crippen LogP contribution in [-0.2, 0) is 17.5 Å². The van der Waals surface area contributed by atoms with Gasteiger partial charge in [-0.2, -0.15) is 13.2 Å². The van der Waals surface area contributed by atoms with Crippen LogP contribution in [0.4, 0.5) is 13.2 Å². The molecule has 0 radical (unpaired) electrons. The lowest BCUT2D eigenvalue weighted by molar-refractivity contribution is -0.137. The molecule has 0 spiro atoms. The fourth-order valence-electron chi connectivity index (χ4n) is 2.44. The maximum Gasteiger partial charge on any atom is 0.416 e. The Bertz CT molecular complexity index is 779. The van der Waals surface area contributed by atoms with E-state index in [0.717, 1.165) is 23.3 Å². The van der Waals surface area contributed by atoms with Crippen molar-refractivity contribution >= 4 is 11.8 Å². The van der Waals surface area contributed by atoms with Crippen LogP contribution in [0.5, 0.6) is 0 Å². The number of nitrogens with one attached hydrogen (secondary N) is 2. The molecule has 4 nitrogen and oxygen atoms in total. The van der Waals surface area contributed by atoms with Gasteiger partial charge in [-0.25, -0.2) is 0 Å². The minimum atomic E-state index is -4.39. The smallest absolute Gasteiger partial charge is 0.350 e. The van der Waals surface area contributed by atoms with Crippen molar-refractivity contribution in [2.75, 3.05) is 6.54 Å². The molecule has 0 atom stereocenters. The van der Waals surface area contributed by atoms with Crippen LogP contribution >= 0.6 is 0 Å². The van der Waals surface area contributed by atoms with Crippen LogP contribution in [0.15, 0.2) is 42.5 Å². The molecule has 2 aromatic carbocycles. The van der Waals surface area contributed by atoms with E-state index in [1.165, 1.54) is 12.1 Å². The van der Waals surface area contributed by atoms with Gasteiger partial charge >= 0.3 is 6.18 Å². The summed E-state index contributed by atoms with van der Waals surface area (Å²) in [5.74, 6) is -0.788. The average Bonchev–Trinajstić information content (AvgIpc) is 2.56. The largest absolute Gasteiger partial charge is 0.416 e. The van der Waals surface area contributed by atoms with Gasteiger partial charge in [-0.05, 0) is 43.7 Å². The minimum absolute atomic E-state index is 0.0798. The number of amides is 2. The third kappa shape index (κ3) is 5.61. The van der Waals surface area contributed by atoms with Crippen LogP contribution < -0.4 is 10.6 Å². The fourth-order valence-corrected chi connectivity index (χ4v) is 2.44. The van der Waals surface area contributed by atoms with Gasteiger partial charge in [0.15, 0.2) is 0 Å². The van der Waals surface area contributed by atoms with Crippen molar-refractivity contribution in [2.45, 2.75) is 26.6 Å². The Hall–Kier alpha value is -2.83. The predicted octanol–water partition coefficient (Wildman–Crippen LogP) is 3.37. The first kappa shape index (κ1) is 19.5. The molecule has 2 rings (SSSR count). The van der Waals surface area contributed by atoms with Gasteiger partial charge in [0, 0.05) is 12.1 Å². The highest BCUT2D eigenvalue weighted by molar-refractivity contribution is 5.96. The molecule has 0 heterocycles. The molecule has 0 saturated carbocycles. The average molecular weight is 364 g/mol. The van der Waals surface area contributed by atoms with E-state index in [1.807, 2.05) is 19.9 Å². The Morgan fingerprint density at radius 3 is 2.04 bits per heavy atom. The zero-order chi connectivity index (χ0) is 19.3. The van der Waals surface area contributed by atoms with Crippen LogP contribution in [0.1, 0.15) is 32.6 Å². The van der Waals surface area contributed by atoms with Gasteiger partial charge in [0.1, 0.15) is 0 Å². The Labute approximate surface area is 149 Å². The summed E-state index contributed by atoms with van der Waals surface area (Å²) in [6, 6.07) is 9.92. The van der Waals surface area contributed by atoms with Crippen LogP contribution in [0.3, 0.4) is 0 Å². The molecule has 0 bridgehead atoms. The molecule has 2 N–H and O–H groups in total. The molecule has 0 aliphatic carbocycles. The summed E-state index contributed by atoms with van der Waals surface area (Å²) in [7, 11) is 0. The van der Waals surface area contributed by atoms with E-state index in [-0.39, 0.29) is 19.0 Å². The Kier molecular flexibility index (Phi) is 6.02. The summed E-state index contributed by atoms with van der Waals surface area (Å²) in [5.41, 5.74) is 2.15. The molecule has 2 amide bonds. The number of hydrogen-bond donors (Lipinski definition) is 2. The third-order valence-corrected chi connectivity index (χ3v) is 3.66. The van der Waals surface area contributed by atoms with Crippen molar-refractivity contribution in [1.29, 1.82) is 0 Å². The monoisotopic (exact) mass is 364 g/mol. The standard InChI is InChI=1S/C19H19F3N2O2/c1-12-7-13(2)9-15(8-12)18(26)24-11-17(25)23-10-14-3-5-16(6-4-14)19(20,21)22/h3-9H,10-11H2,1-2H3,(H,23,25)(H,24,26). The molecule has 0 saturated heterocycles. The van der Waals surface area contributed by atoms with Crippen molar-refractivity contribution in [2.24, 2.45) is 0 Å². The van der Waals surface area contributed by atoms with Crippen LogP contribution in [0.25, 0.3) is 0 Å². The summed E-state index contributed by atoms with van der Waals surface area (Å²) >= 11 is 0. The van der Waals surface area contributed by atoms with Crippen molar-refractivity contribution in [3.05, 3.63) is 70.3 Å². The van der Waals surface area contributed by atoms with Crippen LogP contribution in [0.2, 0.25) is 0 Å². The molecule has 0 aliphatic heterocycles. The summed E-state index contributed by atoms with van der Waals surface area (Å²) in [4.78, 5) is 23.9. The molecule has 0 aromatic heterocycles. The second kappa shape index (κ2) is 8.03. The first-order valence-electron chi connectivity index (χ1n) is 7.94. The normalized spacial score (nSPS) is 11.1. The topological polar surface area (TPSA) is 58.2 Å². The number of carbonyl (C=O) groups excluding carboxylic acids is 2. The molecule has 26 heavy (non-hydrogen) atoms. The van der Waals surface area contributed by atoms with Gasteiger partial charge in [0.05, 0.1) is 12.1 Å². The minimum Gasteiger partial charge on any atom is -0.350 e. The second-order valence-corrected chi connectivity index (χ2v) is 6.03. The van der Waals surface area contributed by atoms with Crippen molar-refractivity contribution in [1.82, 2.24) is 10.6 Å². The SMILES string of the molecule is Cc1cc(C)cc(C(=O)NCC(=O)NCc2ccc(C(F)(F)F)cc2)c1. The zero-order valence-electron chi connectivity index (χ0n) is 14.4. The van der Waals surface area contributed by atoms with E-state index < -0.39 is 17.6 Å². The maximum absolute atomic E-state index is 12.5. The highest BCUT2D eigenvalue weighted by atomic mass is 19.4. The summed E-state index contributed by atoms with van der Waals surface area (Å²) in [6.45, 7) is 3.62. The van der Waals surface area contributed by atoms with E-state index in [2.05, 4.69) is 10.6 Å². The van der Waals surface area contributed by atoms with Gasteiger partial charge in [0.25, 0.3) is 5.91 Å². The number of rotatable bonds is 5. The van der Waals surface area contributed by atoms with Gasteiger partial charge in [-0.15, -0.1) is 0 Å². The van der Waals surface area contributed by atoms with Crippen molar-refractivity contribution in [3.63, 3.8) is 0 Å². The number of aryl methyl sites for hydroxylation is 2. The molecular formula is C19H19F3N2O2. The van der Waals surface area contributed by atoms with E-state index in [0.29, 0.717) is 11.1 Å². The van der Waals surface area contributed by atoms with E-state index in [1.54, 1.807) is 12.1 Å². The molecule has 0 fully saturated rings. The Morgan fingerprint density at radius 2 is 1.50 bits per heavy atom. The predicted molar refractivity (Wildman–Crippen MR) is 91.5 cm³/mol. The van der Waals surface area contributed by atoms with E-state index >= 15 is 0 Å². The first-order chi connectivity index (χ1) is 12.1. The first-order valence-corrected chi connectivity index (χ1v) is 7.94. The molecule has 2 aromatic rings. The lowest BCUT2D eigenvalue weighted by Crippen LogP contribution is -2.36. The Morgan fingerprint density at radius 1 is 0.923 bits per heavy atom. The molecule has 7 heteroatoms. The second-order valence-electron chi connectivity index (χ2n) is 6.03. The van der Waals surface area contributed by atoms with Gasteiger partial charge in [-0.1, -0.05) is 29.3 Å². The summed E-state index contributed by atoms with van der Waals surface area (Å²) in [5, 5.41) is 5.07. The van der Waals surface area contributed by atoms with Crippen LogP contribution in [-0.4, -0.2) is 18.4 Å². The number of benzene rings is 2. The number of hydrogen-bond acceptors (Lipinski definition) is 2. The maximum atomic E-state index is 12.5. The highest BCUT2D eigenvalue weighted by Crippen LogP contribution is 2.29. The fraction of sp³-hybridized carbons (Fsp3) is 0.263. The van der Waals surface area contributed by atoms with Gasteiger partial charge in [0.2, 0.25) is 5.91 Å². The van der Waals surface area contributed by atoms with Crippen LogP contribution in [0, 0.1) is 13.8 Å². The Balaban J connectivity index is 1.82. The summed E-state index contributed by atoms with van der Waals surface area (Å²) < 4.78 is 37.5. The quantitative estimate of drug-likeness (QED) is 0.855. The third-order valence-electron chi connectivity index (χ3n) is 3.66. The van der Waals surface area contributed by atoms with E-state index in [9.17, 15) is 22.8 Å². The van der Waals surface area contributed by atoms with E-state index in [4.69, 9.17) is 0 Å². The molecule has 0 aliphatic rings. The number of alkyl halides is 3. The van der Waals surface area contributed by atoms with Crippen molar-refractivity contribution < 1.29 is 22.8 Å². The highest BCUT2D eigenvalue weighted by Gasteiger charge is 2.29. The number of halogens is 3. The summed E-state index contributed by atoms with van der Waals surface area (Å²) in [6.07, 6.45) is -4.39. The van der Waals surface area contributed by atoms with Gasteiger partial charge < -0.3 is 10.6 Å².